The fraction of sp³-hybridized carbons (Fsp3) is 0.909. The fourth-order valence-corrected chi connectivity index (χ4v) is 2.47. The summed E-state index contributed by atoms with van der Waals surface area (Å²) >= 11 is 0. The molecule has 0 aliphatic carbocycles. The number of aliphatic carboxylic acids is 1. The lowest BCUT2D eigenvalue weighted by Gasteiger charge is -2.30. The molecule has 1 fully saturated rings. The molecule has 0 saturated carbocycles. The number of aliphatic hydroxyl groups is 1. The van der Waals surface area contributed by atoms with Crippen LogP contribution in [0.3, 0.4) is 0 Å². The first-order chi connectivity index (χ1) is 7.06. The van der Waals surface area contributed by atoms with E-state index in [2.05, 4.69) is 0 Å². The molecule has 0 amide bonds. The van der Waals surface area contributed by atoms with E-state index in [1.807, 2.05) is 11.8 Å². The van der Waals surface area contributed by atoms with Crippen LogP contribution in [0.4, 0.5) is 0 Å². The molecule has 0 bridgehead atoms. The summed E-state index contributed by atoms with van der Waals surface area (Å²) in [6, 6.07) is -0.137. The average Bonchev–Trinajstić information content (AvgIpc) is 2.53. The average molecular weight is 215 g/mol. The van der Waals surface area contributed by atoms with Crippen molar-refractivity contribution >= 4 is 5.97 Å². The number of rotatable bonds is 5. The van der Waals surface area contributed by atoms with Crippen molar-refractivity contribution in [2.75, 3.05) is 6.54 Å². The fourth-order valence-electron chi connectivity index (χ4n) is 2.47. The lowest BCUT2D eigenvalue weighted by molar-refractivity contribution is -0.144. The Hall–Kier alpha value is -0.610. The molecule has 3 atom stereocenters. The van der Waals surface area contributed by atoms with Gasteiger partial charge < -0.3 is 10.2 Å². The highest BCUT2D eigenvalue weighted by Gasteiger charge is 2.33. The SMILES string of the molecule is CCC(C(=O)O)N1CCCC1CC(C)O. The minimum Gasteiger partial charge on any atom is -0.480 e. The predicted molar refractivity (Wildman–Crippen MR) is 57.7 cm³/mol. The van der Waals surface area contributed by atoms with Gasteiger partial charge in [-0.2, -0.15) is 0 Å². The van der Waals surface area contributed by atoms with Crippen LogP contribution in [-0.4, -0.2) is 45.8 Å². The molecule has 88 valence electrons. The maximum absolute atomic E-state index is 11.0. The lowest BCUT2D eigenvalue weighted by Crippen LogP contribution is -2.44. The highest BCUT2D eigenvalue weighted by Crippen LogP contribution is 2.25. The zero-order valence-electron chi connectivity index (χ0n) is 9.52. The van der Waals surface area contributed by atoms with Crippen molar-refractivity contribution in [2.24, 2.45) is 0 Å². The molecule has 3 unspecified atom stereocenters. The maximum atomic E-state index is 11.0. The summed E-state index contributed by atoms with van der Waals surface area (Å²) in [5.41, 5.74) is 0. The number of aliphatic hydroxyl groups excluding tert-OH is 1. The van der Waals surface area contributed by atoms with Gasteiger partial charge in [-0.05, 0) is 39.2 Å². The van der Waals surface area contributed by atoms with Crippen LogP contribution in [0.15, 0.2) is 0 Å². The van der Waals surface area contributed by atoms with Crippen LogP contribution in [0, 0.1) is 0 Å². The molecule has 0 radical (unpaired) electrons. The summed E-state index contributed by atoms with van der Waals surface area (Å²) in [5, 5.41) is 18.4. The molecule has 1 aliphatic rings. The van der Waals surface area contributed by atoms with Gasteiger partial charge in [-0.3, -0.25) is 9.69 Å². The Morgan fingerprint density at radius 3 is 2.73 bits per heavy atom. The Morgan fingerprint density at radius 1 is 1.60 bits per heavy atom. The van der Waals surface area contributed by atoms with Gasteiger partial charge in [0, 0.05) is 6.04 Å². The van der Waals surface area contributed by atoms with Gasteiger partial charge in [-0.25, -0.2) is 0 Å². The van der Waals surface area contributed by atoms with Crippen molar-refractivity contribution in [2.45, 2.75) is 57.7 Å². The number of carboxylic acid groups (broad SMARTS) is 1. The van der Waals surface area contributed by atoms with Gasteiger partial charge in [0.15, 0.2) is 0 Å². The topological polar surface area (TPSA) is 60.8 Å². The van der Waals surface area contributed by atoms with E-state index in [0.29, 0.717) is 12.8 Å². The maximum Gasteiger partial charge on any atom is 0.320 e. The van der Waals surface area contributed by atoms with Gasteiger partial charge >= 0.3 is 5.97 Å². The van der Waals surface area contributed by atoms with Gasteiger partial charge in [0.05, 0.1) is 6.10 Å². The molecule has 0 spiro atoms. The Labute approximate surface area is 90.9 Å². The van der Waals surface area contributed by atoms with E-state index in [1.54, 1.807) is 6.92 Å². The van der Waals surface area contributed by atoms with E-state index < -0.39 is 5.97 Å². The van der Waals surface area contributed by atoms with Gasteiger partial charge in [0.2, 0.25) is 0 Å². The molecule has 1 heterocycles. The van der Waals surface area contributed by atoms with Gasteiger partial charge in [-0.15, -0.1) is 0 Å². The second kappa shape index (κ2) is 5.47. The molecular formula is C11H21NO3. The molecule has 2 N–H and O–H groups in total. The van der Waals surface area contributed by atoms with Crippen molar-refractivity contribution in [3.63, 3.8) is 0 Å². The van der Waals surface area contributed by atoms with Crippen LogP contribution in [-0.2, 0) is 4.79 Å². The van der Waals surface area contributed by atoms with Crippen LogP contribution < -0.4 is 0 Å². The summed E-state index contributed by atoms with van der Waals surface area (Å²) in [4.78, 5) is 13.1. The Kier molecular flexibility index (Phi) is 4.54. The number of carboxylic acids is 1. The van der Waals surface area contributed by atoms with E-state index in [1.165, 1.54) is 0 Å². The predicted octanol–water partition coefficient (Wildman–Crippen LogP) is 1.08. The third-order valence-corrected chi connectivity index (χ3v) is 3.11. The number of carbonyl (C=O) groups is 1. The monoisotopic (exact) mass is 215 g/mol. The first-order valence-electron chi connectivity index (χ1n) is 5.72. The van der Waals surface area contributed by atoms with Crippen LogP contribution in [0.25, 0.3) is 0 Å². The van der Waals surface area contributed by atoms with Crippen LogP contribution in [0.1, 0.15) is 39.5 Å². The summed E-state index contributed by atoms with van der Waals surface area (Å²) in [5.74, 6) is -0.741. The molecular weight excluding hydrogens is 194 g/mol. The first kappa shape index (κ1) is 12.5. The standard InChI is InChI=1S/C11H21NO3/c1-3-10(11(14)15)12-6-4-5-9(12)7-8(2)13/h8-10,13H,3-7H2,1-2H3,(H,14,15). The van der Waals surface area contributed by atoms with Gasteiger partial charge in [-0.1, -0.05) is 6.92 Å². The Morgan fingerprint density at radius 2 is 2.27 bits per heavy atom. The summed E-state index contributed by atoms with van der Waals surface area (Å²) < 4.78 is 0. The van der Waals surface area contributed by atoms with E-state index in [0.717, 1.165) is 19.4 Å². The molecule has 0 aromatic carbocycles. The zero-order valence-corrected chi connectivity index (χ0v) is 9.52. The van der Waals surface area contributed by atoms with Crippen molar-refractivity contribution in [1.29, 1.82) is 0 Å². The second-order valence-electron chi connectivity index (χ2n) is 4.38. The van der Waals surface area contributed by atoms with E-state index in [4.69, 9.17) is 5.11 Å². The van der Waals surface area contributed by atoms with Gasteiger partial charge in [0.25, 0.3) is 0 Å². The van der Waals surface area contributed by atoms with Crippen LogP contribution in [0.2, 0.25) is 0 Å². The Bertz CT molecular complexity index is 218. The van der Waals surface area contributed by atoms with E-state index in [-0.39, 0.29) is 18.2 Å². The third-order valence-electron chi connectivity index (χ3n) is 3.11. The zero-order chi connectivity index (χ0) is 11.4. The molecule has 15 heavy (non-hydrogen) atoms. The molecule has 1 aliphatic heterocycles. The highest BCUT2D eigenvalue weighted by atomic mass is 16.4. The third kappa shape index (κ3) is 3.18. The van der Waals surface area contributed by atoms with Crippen molar-refractivity contribution in [3.8, 4) is 0 Å². The van der Waals surface area contributed by atoms with Crippen molar-refractivity contribution in [3.05, 3.63) is 0 Å². The minimum absolute atomic E-state index is 0.242. The molecule has 0 aromatic heterocycles. The van der Waals surface area contributed by atoms with Crippen molar-refractivity contribution in [1.82, 2.24) is 4.90 Å². The van der Waals surface area contributed by atoms with E-state index >= 15 is 0 Å². The number of likely N-dealkylation sites (tertiary alicyclic amines) is 1. The second-order valence-corrected chi connectivity index (χ2v) is 4.38. The largest absolute Gasteiger partial charge is 0.480 e. The summed E-state index contributed by atoms with van der Waals surface area (Å²) in [6.45, 7) is 4.51. The Balaban J connectivity index is 2.61. The molecule has 1 saturated heterocycles. The van der Waals surface area contributed by atoms with Crippen LogP contribution in [0.5, 0.6) is 0 Å². The highest BCUT2D eigenvalue weighted by molar-refractivity contribution is 5.73. The molecule has 1 rings (SSSR count). The number of nitrogens with zero attached hydrogens (tertiary/aromatic N) is 1. The smallest absolute Gasteiger partial charge is 0.320 e. The summed E-state index contributed by atoms with van der Waals surface area (Å²) in [6.07, 6.45) is 3.02. The number of hydrogen-bond acceptors (Lipinski definition) is 3. The molecule has 4 nitrogen and oxygen atoms in total. The molecule has 0 aromatic rings. The number of hydrogen-bond donors (Lipinski definition) is 2. The lowest BCUT2D eigenvalue weighted by atomic mass is 10.1. The first-order valence-corrected chi connectivity index (χ1v) is 5.72. The quantitative estimate of drug-likeness (QED) is 0.720. The van der Waals surface area contributed by atoms with Gasteiger partial charge in [0.1, 0.15) is 6.04 Å². The van der Waals surface area contributed by atoms with Crippen molar-refractivity contribution < 1.29 is 15.0 Å². The molecule has 4 heteroatoms. The minimum atomic E-state index is -0.741. The van der Waals surface area contributed by atoms with E-state index in [9.17, 15) is 9.90 Å². The van der Waals surface area contributed by atoms with Crippen LogP contribution >= 0.6 is 0 Å². The normalized spacial score (nSPS) is 26.5. The summed E-state index contributed by atoms with van der Waals surface area (Å²) in [7, 11) is 0.